The van der Waals surface area contributed by atoms with Crippen molar-refractivity contribution in [1.29, 1.82) is 0 Å². The van der Waals surface area contributed by atoms with Crippen molar-refractivity contribution >= 4 is 63.5 Å². The van der Waals surface area contributed by atoms with Crippen LogP contribution in [0.2, 0.25) is 10.0 Å². The number of carbonyl (C=O) groups excluding carboxylic acids is 1. The Kier molecular flexibility index (Phi) is 6.33. The van der Waals surface area contributed by atoms with Crippen LogP contribution in [0.25, 0.3) is 17.4 Å². The molecular formula is C30H27Cl2N3O2S. The number of halogens is 2. The Labute approximate surface area is 236 Å². The lowest BCUT2D eigenvalue weighted by atomic mass is 9.70. The molecule has 2 bridgehead atoms. The first-order chi connectivity index (χ1) is 18.2. The fourth-order valence-corrected chi connectivity index (χ4v) is 7.38. The van der Waals surface area contributed by atoms with Gasteiger partial charge in [0.05, 0.1) is 10.6 Å². The second kappa shape index (κ2) is 9.44. The van der Waals surface area contributed by atoms with Gasteiger partial charge in [0.15, 0.2) is 0 Å². The van der Waals surface area contributed by atoms with Gasteiger partial charge in [-0.1, -0.05) is 62.2 Å². The van der Waals surface area contributed by atoms with Crippen molar-refractivity contribution in [2.24, 2.45) is 27.0 Å². The predicted molar refractivity (Wildman–Crippen MR) is 158 cm³/mol. The van der Waals surface area contributed by atoms with E-state index in [1.165, 1.54) is 18.2 Å². The van der Waals surface area contributed by atoms with Crippen molar-refractivity contribution in [3.05, 3.63) is 81.4 Å². The van der Waals surface area contributed by atoms with E-state index < -0.39 is 0 Å². The maximum atomic E-state index is 13.6. The van der Waals surface area contributed by atoms with E-state index in [1.807, 2.05) is 42.5 Å². The van der Waals surface area contributed by atoms with Crippen molar-refractivity contribution in [3.8, 4) is 11.3 Å². The molecule has 1 aromatic heterocycles. The molecule has 3 fully saturated rings. The Morgan fingerprint density at radius 1 is 1.03 bits per heavy atom. The van der Waals surface area contributed by atoms with Crippen LogP contribution in [-0.4, -0.2) is 16.8 Å². The molecule has 2 heterocycles. The van der Waals surface area contributed by atoms with Crippen LogP contribution in [0, 0.1) is 16.7 Å². The number of para-hydroxylation sites is 1. The zero-order chi connectivity index (χ0) is 26.7. The van der Waals surface area contributed by atoms with E-state index in [0.717, 1.165) is 29.8 Å². The summed E-state index contributed by atoms with van der Waals surface area (Å²) in [5.74, 6) is 1.63. The standard InChI is InChI=1S/C30H27Cl2N3O2S/c1-29(2)19-11-12-30(29,3)26(15-19)33-34-28-35(22-7-5-4-6-8-22)27(36)25(38-28)17-23-9-10-24(37-23)18-13-20(31)16-21(32)14-18/h4-10,13-14,16-17,19H,11-12,15H2,1-3H3. The normalized spacial score (nSPS) is 27.4. The Balaban J connectivity index is 1.34. The fourth-order valence-electron chi connectivity index (χ4n) is 5.94. The molecule has 38 heavy (non-hydrogen) atoms. The lowest BCUT2D eigenvalue weighted by Crippen LogP contribution is -2.32. The average molecular weight is 565 g/mol. The number of anilines is 1. The van der Waals surface area contributed by atoms with Crippen LogP contribution in [0.3, 0.4) is 0 Å². The highest BCUT2D eigenvalue weighted by molar-refractivity contribution is 8.19. The summed E-state index contributed by atoms with van der Waals surface area (Å²) in [6.07, 6.45) is 5.08. The van der Waals surface area contributed by atoms with Gasteiger partial charge in [0.1, 0.15) is 11.5 Å². The molecule has 3 aromatic rings. The van der Waals surface area contributed by atoms with Gasteiger partial charge in [-0.15, -0.1) is 5.10 Å². The molecule has 2 atom stereocenters. The van der Waals surface area contributed by atoms with Gasteiger partial charge < -0.3 is 4.42 Å². The second-order valence-electron chi connectivity index (χ2n) is 10.9. The van der Waals surface area contributed by atoms with Crippen LogP contribution in [0.15, 0.2) is 80.2 Å². The zero-order valence-electron chi connectivity index (χ0n) is 21.4. The number of benzene rings is 2. The maximum absolute atomic E-state index is 13.6. The monoisotopic (exact) mass is 563 g/mol. The number of nitrogens with zero attached hydrogens (tertiary/aromatic N) is 3. The number of amides is 1. The number of carbonyl (C=O) groups is 1. The molecule has 0 radical (unpaired) electrons. The molecule has 0 N–H and O–H groups in total. The summed E-state index contributed by atoms with van der Waals surface area (Å²) in [7, 11) is 0. The van der Waals surface area contributed by atoms with Gasteiger partial charge >= 0.3 is 0 Å². The number of hydrogen-bond donors (Lipinski definition) is 0. The van der Waals surface area contributed by atoms with E-state index in [1.54, 1.807) is 29.2 Å². The second-order valence-corrected chi connectivity index (χ2v) is 12.8. The van der Waals surface area contributed by atoms with Gasteiger partial charge in [-0.25, -0.2) is 0 Å². The van der Waals surface area contributed by atoms with Crippen molar-refractivity contribution in [3.63, 3.8) is 0 Å². The van der Waals surface area contributed by atoms with Crippen LogP contribution in [-0.2, 0) is 4.79 Å². The summed E-state index contributed by atoms with van der Waals surface area (Å²) in [6.45, 7) is 7.01. The molecule has 1 aliphatic heterocycles. The number of amidine groups is 1. The lowest BCUT2D eigenvalue weighted by Gasteiger charge is -2.34. The van der Waals surface area contributed by atoms with E-state index >= 15 is 0 Å². The molecule has 194 valence electrons. The van der Waals surface area contributed by atoms with Crippen molar-refractivity contribution < 1.29 is 9.21 Å². The number of furan rings is 1. The van der Waals surface area contributed by atoms with E-state index in [2.05, 4.69) is 25.9 Å². The van der Waals surface area contributed by atoms with E-state index in [0.29, 0.717) is 37.6 Å². The highest BCUT2D eigenvalue weighted by Crippen LogP contribution is 2.64. The van der Waals surface area contributed by atoms with E-state index in [9.17, 15) is 4.79 Å². The van der Waals surface area contributed by atoms with Gasteiger partial charge in [-0.3, -0.25) is 9.69 Å². The van der Waals surface area contributed by atoms with Crippen molar-refractivity contribution in [1.82, 2.24) is 0 Å². The average Bonchev–Trinajstić information content (AvgIpc) is 3.57. The Morgan fingerprint density at radius 2 is 1.76 bits per heavy atom. The van der Waals surface area contributed by atoms with Gasteiger partial charge in [0.2, 0.25) is 5.17 Å². The summed E-state index contributed by atoms with van der Waals surface area (Å²) in [6, 6.07) is 18.5. The minimum atomic E-state index is -0.164. The quantitative estimate of drug-likeness (QED) is 0.235. The van der Waals surface area contributed by atoms with Crippen molar-refractivity contribution in [2.45, 2.75) is 40.0 Å². The van der Waals surface area contributed by atoms with Gasteiger partial charge in [-0.2, -0.15) is 5.10 Å². The molecular weight excluding hydrogens is 537 g/mol. The first kappa shape index (κ1) is 25.5. The summed E-state index contributed by atoms with van der Waals surface area (Å²) in [4.78, 5) is 15.7. The highest BCUT2D eigenvalue weighted by atomic mass is 35.5. The predicted octanol–water partition coefficient (Wildman–Crippen LogP) is 8.93. The third-order valence-corrected chi connectivity index (χ3v) is 10.0. The van der Waals surface area contributed by atoms with Crippen LogP contribution in [0.1, 0.15) is 45.8 Å². The SMILES string of the molecule is CC12CCC(CC1=NN=C1SC(=Cc3ccc(-c4cc(Cl)cc(Cl)c4)o3)C(=O)N1c1ccccc1)C2(C)C. The smallest absolute Gasteiger partial charge is 0.271 e. The first-order valence-electron chi connectivity index (χ1n) is 12.7. The topological polar surface area (TPSA) is 58.2 Å². The van der Waals surface area contributed by atoms with E-state index in [-0.39, 0.29) is 16.7 Å². The molecule has 2 saturated carbocycles. The summed E-state index contributed by atoms with van der Waals surface area (Å²) < 4.78 is 6.03. The largest absolute Gasteiger partial charge is 0.457 e. The van der Waals surface area contributed by atoms with Crippen molar-refractivity contribution in [2.75, 3.05) is 4.90 Å². The third-order valence-electron chi connectivity index (χ3n) is 8.64. The Hall–Kier alpha value is -2.80. The molecule has 1 saturated heterocycles. The maximum Gasteiger partial charge on any atom is 0.271 e. The van der Waals surface area contributed by atoms with Gasteiger partial charge in [0.25, 0.3) is 5.91 Å². The molecule has 8 heteroatoms. The van der Waals surface area contributed by atoms with Crippen LogP contribution in [0.5, 0.6) is 0 Å². The Bertz CT molecular complexity index is 1500. The molecule has 3 aliphatic rings. The molecule has 6 rings (SSSR count). The molecule has 5 nitrogen and oxygen atoms in total. The number of hydrogen-bond acceptors (Lipinski definition) is 5. The molecule has 1 amide bonds. The van der Waals surface area contributed by atoms with Gasteiger partial charge in [-0.05, 0) is 84.8 Å². The lowest BCUT2D eigenvalue weighted by molar-refractivity contribution is -0.113. The Morgan fingerprint density at radius 3 is 2.42 bits per heavy atom. The minimum Gasteiger partial charge on any atom is -0.457 e. The zero-order valence-corrected chi connectivity index (χ0v) is 23.7. The third kappa shape index (κ3) is 4.23. The molecule has 2 aliphatic carbocycles. The molecule has 2 aromatic carbocycles. The van der Waals surface area contributed by atoms with Gasteiger partial charge in [0, 0.05) is 32.8 Å². The minimum absolute atomic E-state index is 0.0407. The van der Waals surface area contributed by atoms with Crippen LogP contribution < -0.4 is 4.90 Å². The molecule has 0 spiro atoms. The first-order valence-corrected chi connectivity index (χ1v) is 14.2. The number of fused-ring (bicyclic) bond motifs is 2. The fraction of sp³-hybridized carbons (Fsp3) is 0.300. The van der Waals surface area contributed by atoms with E-state index in [4.69, 9.17) is 32.7 Å². The summed E-state index contributed by atoms with van der Waals surface area (Å²) in [5, 5.41) is 11.1. The molecule has 2 unspecified atom stereocenters. The summed E-state index contributed by atoms with van der Waals surface area (Å²) in [5.41, 5.74) is 2.91. The summed E-state index contributed by atoms with van der Waals surface area (Å²) >= 11 is 13.6. The number of rotatable bonds is 4. The van der Waals surface area contributed by atoms with Crippen LogP contribution in [0.4, 0.5) is 5.69 Å². The highest BCUT2D eigenvalue weighted by Gasteiger charge is 2.60. The number of thioether (sulfide) groups is 1. The van der Waals surface area contributed by atoms with Crippen LogP contribution >= 0.6 is 35.0 Å².